The third kappa shape index (κ3) is 6.78. The Hall–Kier alpha value is -5.29. The van der Waals surface area contributed by atoms with E-state index in [1.165, 1.54) is 109 Å². The highest BCUT2D eigenvalue weighted by atomic mass is 32.2. The quantitative estimate of drug-likeness (QED) is 0.159. The standard InChI is InChI=1S/C65H66BNS2/c1-39-33-41-23-31-46(40-21-24-42(25-22-40)61(2,3)4)58-47-35-44(63(8,9)10)28-32-56(47)69-60(58)66-53-37-57-52(36-54(53)67(55(34-39)59(41)66)45-29-26-43(27-30-45)62(5,6)7)65(38-68-57)50-19-15-13-17-48(50)64(11,12)49-18-14-16-20-51(49)65/h13-22,24-30,32-37,46H,23,31,38H2,1-12H3. The van der Waals surface area contributed by atoms with E-state index in [2.05, 4.69) is 251 Å². The van der Waals surface area contributed by atoms with Gasteiger partial charge in [0.15, 0.2) is 0 Å². The maximum Gasteiger partial charge on any atom is 0.259 e. The van der Waals surface area contributed by atoms with Crippen LogP contribution in [0.4, 0.5) is 17.1 Å². The molecule has 1 atom stereocenters. The highest BCUT2D eigenvalue weighted by Crippen LogP contribution is 2.60. The molecule has 3 aliphatic heterocycles. The number of nitrogens with zero attached hydrogens (tertiary/aromatic N) is 1. The first-order valence-corrected chi connectivity index (χ1v) is 27.3. The van der Waals surface area contributed by atoms with Gasteiger partial charge in [0.25, 0.3) is 6.71 Å². The first-order valence-electron chi connectivity index (χ1n) is 25.5. The highest BCUT2D eigenvalue weighted by molar-refractivity contribution is 7.99. The molecule has 8 aromatic rings. The van der Waals surface area contributed by atoms with E-state index < -0.39 is 0 Å². The zero-order chi connectivity index (χ0) is 48.2. The molecule has 0 bridgehead atoms. The van der Waals surface area contributed by atoms with E-state index >= 15 is 0 Å². The number of thiophene rings is 1. The Morgan fingerprint density at radius 2 is 1.17 bits per heavy atom. The summed E-state index contributed by atoms with van der Waals surface area (Å²) in [5, 5.41) is 1.44. The van der Waals surface area contributed by atoms with Gasteiger partial charge >= 0.3 is 0 Å². The van der Waals surface area contributed by atoms with Gasteiger partial charge in [0.2, 0.25) is 0 Å². The molecule has 0 amide bonds. The van der Waals surface area contributed by atoms with Gasteiger partial charge < -0.3 is 4.90 Å². The molecule has 69 heavy (non-hydrogen) atoms. The summed E-state index contributed by atoms with van der Waals surface area (Å²) in [4.78, 5) is 4.10. The van der Waals surface area contributed by atoms with E-state index in [1.54, 1.807) is 5.56 Å². The molecule has 12 rings (SSSR count). The predicted molar refractivity (Wildman–Crippen MR) is 301 cm³/mol. The molecule has 4 aliphatic rings. The van der Waals surface area contributed by atoms with Crippen molar-refractivity contribution in [2.45, 2.75) is 134 Å². The maximum atomic E-state index is 2.69. The number of aryl methyl sites for hydroxylation is 2. The van der Waals surface area contributed by atoms with Gasteiger partial charge in [-0.2, -0.15) is 0 Å². The Morgan fingerprint density at radius 3 is 1.78 bits per heavy atom. The fourth-order valence-corrected chi connectivity index (χ4v) is 15.8. The predicted octanol–water partition coefficient (Wildman–Crippen LogP) is 15.6. The lowest BCUT2D eigenvalue weighted by atomic mass is 9.35. The van der Waals surface area contributed by atoms with Crippen LogP contribution in [-0.4, -0.2) is 12.5 Å². The van der Waals surface area contributed by atoms with E-state index in [0.29, 0.717) is 0 Å². The van der Waals surface area contributed by atoms with Gasteiger partial charge in [-0.25, -0.2) is 0 Å². The SMILES string of the molecule is Cc1cc2c3c(c1)N(c1ccc(C(C)(C)C)cc1)c1cc4c(cc1B3c1sc3ccc(C(C)(C)C)cc3c1C(c1ccc(C(C)(C)C)cc1)CC2)SCC41c2ccccc2C(C)(C)c2ccccc21. The minimum Gasteiger partial charge on any atom is -0.311 e. The fraction of sp³-hybridized carbons (Fsp3) is 0.323. The molecular weight excluding hydrogens is 870 g/mol. The van der Waals surface area contributed by atoms with Crippen LogP contribution in [0.15, 0.2) is 144 Å². The molecule has 0 radical (unpaired) electrons. The van der Waals surface area contributed by atoms with Crippen LogP contribution in [0, 0.1) is 6.92 Å². The van der Waals surface area contributed by atoms with Crippen LogP contribution < -0.4 is 20.6 Å². The first-order chi connectivity index (χ1) is 32.7. The third-order valence-electron chi connectivity index (χ3n) is 16.7. The number of thioether (sulfide) groups is 1. The second-order valence-corrected chi connectivity index (χ2v) is 26.6. The number of anilines is 3. The molecular formula is C65H66BNS2. The van der Waals surface area contributed by atoms with E-state index in [1.807, 2.05) is 0 Å². The largest absolute Gasteiger partial charge is 0.311 e. The zero-order valence-electron chi connectivity index (χ0n) is 42.8. The monoisotopic (exact) mass is 935 g/mol. The van der Waals surface area contributed by atoms with Gasteiger partial charge in [-0.15, -0.1) is 23.1 Å². The smallest absolute Gasteiger partial charge is 0.259 e. The van der Waals surface area contributed by atoms with Crippen molar-refractivity contribution in [3.8, 4) is 0 Å². The van der Waals surface area contributed by atoms with Crippen LogP contribution in [0.5, 0.6) is 0 Å². The van der Waals surface area contributed by atoms with Crippen LogP contribution in [0.3, 0.4) is 0 Å². The molecule has 4 heteroatoms. The van der Waals surface area contributed by atoms with Crippen LogP contribution in [0.25, 0.3) is 10.1 Å². The summed E-state index contributed by atoms with van der Waals surface area (Å²) in [6.07, 6.45) is 2.07. The highest BCUT2D eigenvalue weighted by Gasteiger charge is 2.53. The van der Waals surface area contributed by atoms with Crippen molar-refractivity contribution in [1.82, 2.24) is 0 Å². The van der Waals surface area contributed by atoms with Gasteiger partial charge in [0, 0.05) is 43.7 Å². The summed E-state index contributed by atoms with van der Waals surface area (Å²) in [7, 11) is 0. The summed E-state index contributed by atoms with van der Waals surface area (Å²) in [5.41, 5.74) is 23.8. The van der Waals surface area contributed by atoms with Crippen molar-refractivity contribution < 1.29 is 0 Å². The molecule has 4 heterocycles. The fourth-order valence-electron chi connectivity index (χ4n) is 13.0. The molecule has 1 spiro atoms. The summed E-state index contributed by atoms with van der Waals surface area (Å²) in [5.74, 6) is 1.24. The summed E-state index contributed by atoms with van der Waals surface area (Å²) >= 11 is 4.15. The normalized spacial score (nSPS) is 17.7. The van der Waals surface area contributed by atoms with Crippen molar-refractivity contribution in [2.24, 2.45) is 0 Å². The maximum absolute atomic E-state index is 2.69. The van der Waals surface area contributed by atoms with Crippen molar-refractivity contribution in [3.05, 3.63) is 206 Å². The lowest BCUT2D eigenvalue weighted by Gasteiger charge is -2.46. The summed E-state index contributed by atoms with van der Waals surface area (Å²) in [6.45, 7) is 28.3. The number of benzene rings is 7. The first kappa shape index (κ1) is 44.9. The number of hydrogen-bond donors (Lipinski definition) is 0. The van der Waals surface area contributed by atoms with E-state index in [-0.39, 0.29) is 39.7 Å². The number of rotatable bonds is 2. The van der Waals surface area contributed by atoms with Gasteiger partial charge in [0.05, 0.1) is 5.41 Å². The van der Waals surface area contributed by atoms with Gasteiger partial charge in [0.1, 0.15) is 0 Å². The minimum atomic E-state index is -0.283. The molecule has 1 unspecified atom stereocenters. The Kier molecular flexibility index (Phi) is 9.99. The van der Waals surface area contributed by atoms with Crippen molar-refractivity contribution in [3.63, 3.8) is 0 Å². The lowest BCUT2D eigenvalue weighted by molar-refractivity contribution is 0.547. The van der Waals surface area contributed by atoms with Gasteiger partial charge in [-0.1, -0.05) is 185 Å². The minimum absolute atomic E-state index is 0.0333. The Balaban J connectivity index is 1.18. The third-order valence-corrected chi connectivity index (χ3v) is 19.2. The summed E-state index contributed by atoms with van der Waals surface area (Å²) < 4.78 is 2.92. The van der Waals surface area contributed by atoms with E-state index in [0.717, 1.165) is 18.6 Å². The van der Waals surface area contributed by atoms with Gasteiger partial charge in [-0.3, -0.25) is 0 Å². The van der Waals surface area contributed by atoms with Crippen molar-refractivity contribution in [2.75, 3.05) is 10.7 Å². The van der Waals surface area contributed by atoms with Gasteiger partial charge in [-0.05, 0) is 155 Å². The number of hydrogen-bond acceptors (Lipinski definition) is 3. The number of fused-ring (bicyclic) bond motifs is 12. The van der Waals surface area contributed by atoms with E-state index in [9.17, 15) is 0 Å². The summed E-state index contributed by atoms with van der Waals surface area (Å²) in [6, 6.07) is 56.0. The van der Waals surface area contributed by atoms with Crippen LogP contribution in [0.2, 0.25) is 0 Å². The van der Waals surface area contributed by atoms with Crippen LogP contribution in [-0.2, 0) is 33.5 Å². The van der Waals surface area contributed by atoms with Crippen molar-refractivity contribution in [1.29, 1.82) is 0 Å². The average molecular weight is 936 g/mol. The molecule has 346 valence electrons. The average Bonchev–Trinajstić information content (AvgIpc) is 3.87. The molecule has 1 aromatic heterocycles. The molecule has 0 saturated heterocycles. The Morgan fingerprint density at radius 1 is 0.594 bits per heavy atom. The van der Waals surface area contributed by atoms with Crippen LogP contribution in [0.1, 0.15) is 155 Å². The molecule has 7 aromatic carbocycles. The lowest BCUT2D eigenvalue weighted by Crippen LogP contribution is -2.59. The second-order valence-electron chi connectivity index (χ2n) is 24.5. The second kappa shape index (κ2) is 15.4. The van der Waals surface area contributed by atoms with Crippen molar-refractivity contribution >= 4 is 72.7 Å². The Bertz CT molecular complexity index is 3330. The molecule has 0 N–H and O–H groups in total. The van der Waals surface area contributed by atoms with E-state index in [4.69, 9.17) is 0 Å². The molecule has 0 fully saturated rings. The topological polar surface area (TPSA) is 3.24 Å². The zero-order valence-corrected chi connectivity index (χ0v) is 44.5. The van der Waals surface area contributed by atoms with Crippen LogP contribution >= 0.6 is 23.1 Å². The molecule has 0 saturated carbocycles. The molecule has 1 nitrogen and oxygen atoms in total. The Labute approximate surface area is 420 Å². The molecule has 1 aliphatic carbocycles.